The molecular formula is C23H26N4O. The highest BCUT2D eigenvalue weighted by Gasteiger charge is 2.24. The minimum Gasteiger partial charge on any atom is -0.488 e. The molecule has 2 atom stereocenters. The molecule has 2 aromatic carbocycles. The van der Waals surface area contributed by atoms with Crippen LogP contribution in [0.2, 0.25) is 0 Å². The third-order valence-corrected chi connectivity index (χ3v) is 6.13. The quantitative estimate of drug-likeness (QED) is 0.721. The molecule has 5 nitrogen and oxygen atoms in total. The van der Waals surface area contributed by atoms with Crippen LogP contribution in [-0.2, 0) is 6.61 Å². The van der Waals surface area contributed by atoms with Crippen LogP contribution in [0.1, 0.15) is 25.3 Å². The lowest BCUT2D eigenvalue weighted by Gasteiger charge is -2.36. The highest BCUT2D eigenvalue weighted by atomic mass is 16.5. The number of aromatic amines is 1. The molecule has 0 amide bonds. The lowest BCUT2D eigenvalue weighted by Crippen LogP contribution is -2.45. The first-order valence-corrected chi connectivity index (χ1v) is 10.0. The van der Waals surface area contributed by atoms with Crippen molar-refractivity contribution in [2.75, 3.05) is 18.5 Å². The van der Waals surface area contributed by atoms with Crippen molar-refractivity contribution in [3.63, 3.8) is 0 Å². The lowest BCUT2D eigenvalue weighted by atomic mass is 9.93. The van der Waals surface area contributed by atoms with Crippen molar-refractivity contribution in [3.05, 3.63) is 54.4 Å². The van der Waals surface area contributed by atoms with Crippen LogP contribution >= 0.6 is 0 Å². The molecular weight excluding hydrogens is 348 g/mol. The van der Waals surface area contributed by atoms with Crippen molar-refractivity contribution in [2.24, 2.45) is 0 Å². The summed E-state index contributed by atoms with van der Waals surface area (Å²) >= 11 is 0. The molecule has 1 fully saturated rings. The summed E-state index contributed by atoms with van der Waals surface area (Å²) in [5.74, 6) is 0.981. The van der Waals surface area contributed by atoms with Gasteiger partial charge in [-0.2, -0.15) is 5.10 Å². The molecule has 2 N–H and O–H groups in total. The largest absolute Gasteiger partial charge is 0.488 e. The van der Waals surface area contributed by atoms with Crippen LogP contribution in [0.4, 0.5) is 5.69 Å². The summed E-state index contributed by atoms with van der Waals surface area (Å²) in [4.78, 5) is 2.42. The van der Waals surface area contributed by atoms with Crippen molar-refractivity contribution in [1.29, 1.82) is 0 Å². The standard InChI is InChI=1S/C23H26N4O/c1-15-9-20(7-8-24-15)27(2)19-4-6-22-21-5-3-16(18-12-25-26-13-18)10-17(21)14-28-23(22)11-19/h3-6,10-13,15,20,24H,7-9,14H2,1-2H3,(H,25,26)/t15-,20+/m1/s1. The van der Waals surface area contributed by atoms with E-state index in [4.69, 9.17) is 4.74 Å². The molecule has 2 aliphatic rings. The Bertz CT molecular complexity index is 982. The van der Waals surface area contributed by atoms with Crippen molar-refractivity contribution in [2.45, 2.75) is 38.5 Å². The zero-order valence-corrected chi connectivity index (χ0v) is 16.4. The number of hydrogen-bond acceptors (Lipinski definition) is 4. The zero-order chi connectivity index (χ0) is 19.1. The second-order valence-electron chi connectivity index (χ2n) is 7.97. The van der Waals surface area contributed by atoms with E-state index in [1.54, 1.807) is 0 Å². The molecule has 3 heterocycles. The molecule has 3 aromatic rings. The van der Waals surface area contributed by atoms with Gasteiger partial charge >= 0.3 is 0 Å². The maximum atomic E-state index is 6.16. The topological polar surface area (TPSA) is 53.2 Å². The highest BCUT2D eigenvalue weighted by Crippen LogP contribution is 2.41. The fourth-order valence-corrected chi connectivity index (χ4v) is 4.46. The average Bonchev–Trinajstić information content (AvgIpc) is 3.27. The first-order valence-electron chi connectivity index (χ1n) is 10.0. The summed E-state index contributed by atoms with van der Waals surface area (Å²) in [5, 5.41) is 10.5. The summed E-state index contributed by atoms with van der Waals surface area (Å²) in [5.41, 5.74) is 7.16. The number of ether oxygens (including phenoxy) is 1. The lowest BCUT2D eigenvalue weighted by molar-refractivity contribution is 0.302. The smallest absolute Gasteiger partial charge is 0.129 e. The van der Waals surface area contributed by atoms with Gasteiger partial charge in [0.1, 0.15) is 12.4 Å². The molecule has 0 spiro atoms. The van der Waals surface area contributed by atoms with Crippen molar-refractivity contribution in [3.8, 4) is 28.0 Å². The Morgan fingerprint density at radius 3 is 2.82 bits per heavy atom. The maximum Gasteiger partial charge on any atom is 0.129 e. The van der Waals surface area contributed by atoms with Gasteiger partial charge < -0.3 is 15.0 Å². The van der Waals surface area contributed by atoms with Crippen LogP contribution in [0, 0.1) is 0 Å². The molecule has 1 saturated heterocycles. The Morgan fingerprint density at radius 1 is 1.11 bits per heavy atom. The average molecular weight is 374 g/mol. The van der Waals surface area contributed by atoms with E-state index in [1.807, 2.05) is 12.4 Å². The predicted molar refractivity (Wildman–Crippen MR) is 113 cm³/mol. The number of rotatable bonds is 3. The summed E-state index contributed by atoms with van der Waals surface area (Å²) in [6, 6.07) is 14.4. The third-order valence-electron chi connectivity index (χ3n) is 6.13. The first-order chi connectivity index (χ1) is 13.7. The fraction of sp³-hybridized carbons (Fsp3) is 0.348. The SMILES string of the molecule is C[C@@H]1C[C@@H](N(C)c2ccc3c(c2)OCc2cc(-c4cn[nH]c4)ccc2-3)CCN1. The molecule has 144 valence electrons. The van der Waals surface area contributed by atoms with Gasteiger partial charge in [-0.05, 0) is 61.2 Å². The molecule has 2 aliphatic heterocycles. The molecule has 1 aromatic heterocycles. The molecule has 5 rings (SSSR count). The minimum absolute atomic E-state index is 0.572. The maximum absolute atomic E-state index is 6.16. The van der Waals surface area contributed by atoms with Gasteiger partial charge in [0.2, 0.25) is 0 Å². The summed E-state index contributed by atoms with van der Waals surface area (Å²) < 4.78 is 6.16. The highest BCUT2D eigenvalue weighted by molar-refractivity contribution is 5.80. The molecule has 0 unspecified atom stereocenters. The Morgan fingerprint density at radius 2 is 2.00 bits per heavy atom. The fourth-order valence-electron chi connectivity index (χ4n) is 4.46. The minimum atomic E-state index is 0.572. The molecule has 0 bridgehead atoms. The van der Waals surface area contributed by atoms with E-state index >= 15 is 0 Å². The number of nitrogens with zero attached hydrogens (tertiary/aromatic N) is 2. The van der Waals surface area contributed by atoms with Gasteiger partial charge in [-0.15, -0.1) is 0 Å². The molecule has 5 heteroatoms. The first kappa shape index (κ1) is 17.3. The van der Waals surface area contributed by atoms with Crippen LogP contribution in [0.5, 0.6) is 5.75 Å². The van der Waals surface area contributed by atoms with E-state index in [9.17, 15) is 0 Å². The molecule has 28 heavy (non-hydrogen) atoms. The van der Waals surface area contributed by atoms with E-state index in [0.29, 0.717) is 18.7 Å². The van der Waals surface area contributed by atoms with Crippen molar-refractivity contribution < 1.29 is 4.74 Å². The second-order valence-corrected chi connectivity index (χ2v) is 7.97. The Kier molecular flexibility index (Phi) is 4.32. The Hall–Kier alpha value is -2.79. The Labute approximate surface area is 165 Å². The summed E-state index contributed by atoms with van der Waals surface area (Å²) in [6.45, 7) is 3.96. The third kappa shape index (κ3) is 3.06. The molecule has 0 saturated carbocycles. The van der Waals surface area contributed by atoms with Crippen LogP contribution in [0.25, 0.3) is 22.3 Å². The van der Waals surface area contributed by atoms with Crippen molar-refractivity contribution in [1.82, 2.24) is 15.5 Å². The number of piperidine rings is 1. The number of H-pyrrole nitrogens is 1. The monoisotopic (exact) mass is 374 g/mol. The molecule has 0 aliphatic carbocycles. The van der Waals surface area contributed by atoms with Crippen LogP contribution in [-0.4, -0.2) is 35.9 Å². The van der Waals surface area contributed by atoms with Crippen LogP contribution in [0.15, 0.2) is 48.8 Å². The van der Waals surface area contributed by atoms with Gasteiger partial charge in [0.05, 0.1) is 6.20 Å². The number of benzene rings is 2. The number of aromatic nitrogens is 2. The summed E-state index contributed by atoms with van der Waals surface area (Å²) in [7, 11) is 2.21. The molecule has 0 radical (unpaired) electrons. The van der Waals surface area contributed by atoms with E-state index in [1.165, 1.54) is 35.2 Å². The Balaban J connectivity index is 1.44. The van der Waals surface area contributed by atoms with E-state index < -0.39 is 0 Å². The van der Waals surface area contributed by atoms with Gasteiger partial charge in [-0.1, -0.05) is 12.1 Å². The van der Waals surface area contributed by atoms with Gasteiger partial charge in [-0.3, -0.25) is 5.10 Å². The summed E-state index contributed by atoms with van der Waals surface area (Å²) in [6.07, 6.45) is 6.12. The second kappa shape index (κ2) is 6.99. The predicted octanol–water partition coefficient (Wildman–Crippen LogP) is 4.21. The van der Waals surface area contributed by atoms with Gasteiger partial charge in [0.15, 0.2) is 0 Å². The van der Waals surface area contributed by atoms with Gasteiger partial charge in [-0.25, -0.2) is 0 Å². The van der Waals surface area contributed by atoms with Gasteiger partial charge in [0, 0.05) is 48.2 Å². The normalized spacial score (nSPS) is 20.8. The number of fused-ring (bicyclic) bond motifs is 3. The number of anilines is 1. The van der Waals surface area contributed by atoms with E-state index in [0.717, 1.165) is 23.4 Å². The van der Waals surface area contributed by atoms with E-state index in [2.05, 4.69) is 70.8 Å². The number of hydrogen-bond donors (Lipinski definition) is 2. The van der Waals surface area contributed by atoms with Crippen LogP contribution < -0.4 is 15.0 Å². The van der Waals surface area contributed by atoms with E-state index in [-0.39, 0.29) is 0 Å². The van der Waals surface area contributed by atoms with Gasteiger partial charge in [0.25, 0.3) is 0 Å². The zero-order valence-electron chi connectivity index (χ0n) is 16.4. The van der Waals surface area contributed by atoms with Crippen LogP contribution in [0.3, 0.4) is 0 Å². The number of nitrogens with one attached hydrogen (secondary N) is 2. The van der Waals surface area contributed by atoms with Crippen molar-refractivity contribution >= 4 is 5.69 Å².